The number of carbonyl (C=O) groups excluding carboxylic acids is 4. The minimum Gasteiger partial charge on any atom is -0.497 e. The Hall–Kier alpha value is -4.73. The quantitative estimate of drug-likeness (QED) is 0.371. The molecule has 0 saturated carbocycles. The Labute approximate surface area is 205 Å². The number of carbonyl (C=O) groups is 4. The summed E-state index contributed by atoms with van der Waals surface area (Å²) in [5.74, 6) is -1.39. The van der Waals surface area contributed by atoms with Gasteiger partial charge in [-0.1, -0.05) is 12.1 Å². The van der Waals surface area contributed by atoms with Crippen LogP contribution < -0.4 is 4.74 Å². The van der Waals surface area contributed by atoms with Crippen LogP contribution in [-0.4, -0.2) is 59.6 Å². The van der Waals surface area contributed by atoms with Gasteiger partial charge in [-0.05, 0) is 54.1 Å². The second-order valence-electron chi connectivity index (χ2n) is 8.15. The molecule has 2 aliphatic rings. The number of hydrazone groups is 1. The van der Waals surface area contributed by atoms with Gasteiger partial charge in [0.25, 0.3) is 17.7 Å². The van der Waals surface area contributed by atoms with E-state index >= 15 is 0 Å². The van der Waals surface area contributed by atoms with Crippen molar-refractivity contribution in [1.82, 2.24) is 9.91 Å². The van der Waals surface area contributed by atoms with Crippen LogP contribution in [0.25, 0.3) is 0 Å². The summed E-state index contributed by atoms with van der Waals surface area (Å²) >= 11 is 0. The van der Waals surface area contributed by atoms with Crippen LogP contribution in [-0.2, 0) is 14.3 Å². The maximum atomic E-state index is 13.0. The number of rotatable bonds is 7. The van der Waals surface area contributed by atoms with Crippen molar-refractivity contribution >= 4 is 29.4 Å². The monoisotopic (exact) mass is 487 g/mol. The molecule has 0 bridgehead atoms. The molecule has 2 aromatic carbocycles. The van der Waals surface area contributed by atoms with Gasteiger partial charge in [-0.2, -0.15) is 5.10 Å². The number of imide groups is 1. The first kappa shape index (κ1) is 23.0. The largest absolute Gasteiger partial charge is 0.497 e. The minimum atomic E-state index is -0.883. The van der Waals surface area contributed by atoms with Crippen LogP contribution in [0.1, 0.15) is 44.5 Å². The Morgan fingerprint density at radius 2 is 1.69 bits per heavy atom. The van der Waals surface area contributed by atoms with Gasteiger partial charge in [0.1, 0.15) is 24.1 Å². The van der Waals surface area contributed by atoms with Gasteiger partial charge in [0, 0.05) is 6.42 Å². The van der Waals surface area contributed by atoms with Crippen LogP contribution in [0.5, 0.6) is 5.75 Å². The molecule has 3 heterocycles. The third-order valence-corrected chi connectivity index (χ3v) is 5.98. The molecule has 10 heteroatoms. The molecule has 10 nitrogen and oxygen atoms in total. The number of hydrogen-bond donors (Lipinski definition) is 0. The average Bonchev–Trinajstić information content (AvgIpc) is 3.64. The Balaban J connectivity index is 1.26. The third kappa shape index (κ3) is 4.24. The van der Waals surface area contributed by atoms with Gasteiger partial charge < -0.3 is 13.9 Å². The molecule has 1 aromatic heterocycles. The maximum absolute atomic E-state index is 13.0. The molecule has 1 atom stereocenters. The van der Waals surface area contributed by atoms with Crippen LogP contribution in [0.4, 0.5) is 0 Å². The first-order chi connectivity index (χ1) is 17.5. The van der Waals surface area contributed by atoms with Crippen molar-refractivity contribution in [2.24, 2.45) is 5.10 Å². The summed E-state index contributed by atoms with van der Waals surface area (Å²) < 4.78 is 15.8. The topological polar surface area (TPSA) is 119 Å². The van der Waals surface area contributed by atoms with Crippen LogP contribution in [0, 0.1) is 0 Å². The molecule has 0 N–H and O–H groups in total. The summed E-state index contributed by atoms with van der Waals surface area (Å²) in [7, 11) is 1.57. The van der Waals surface area contributed by atoms with Crippen LogP contribution in [0.3, 0.4) is 0 Å². The number of fused-ring (bicyclic) bond motifs is 1. The molecule has 182 valence electrons. The van der Waals surface area contributed by atoms with Crippen molar-refractivity contribution in [3.05, 3.63) is 89.4 Å². The first-order valence-corrected chi connectivity index (χ1v) is 11.1. The number of nitrogens with zero attached hydrogens (tertiary/aromatic N) is 3. The molecule has 36 heavy (non-hydrogen) atoms. The molecule has 1 unspecified atom stereocenters. The summed E-state index contributed by atoms with van der Waals surface area (Å²) in [6, 6.07) is 16.5. The standard InChI is InChI=1S/C26H21N3O7/c1-34-17-10-8-16(9-11-17)20-13-21(22-7-4-12-35-22)29(27-20)23(30)15-36-24(31)14-28-25(32)18-5-2-3-6-19(18)26(28)33/h2-12,21H,13-15H2,1H3. The van der Waals surface area contributed by atoms with Crippen molar-refractivity contribution in [3.63, 3.8) is 0 Å². The average molecular weight is 487 g/mol. The zero-order valence-electron chi connectivity index (χ0n) is 19.2. The number of ether oxygens (including phenoxy) is 2. The molecular formula is C26H21N3O7. The van der Waals surface area contributed by atoms with E-state index in [1.165, 1.54) is 23.4 Å². The van der Waals surface area contributed by atoms with Gasteiger partial charge in [-0.3, -0.25) is 24.1 Å². The van der Waals surface area contributed by atoms with Crippen molar-refractivity contribution in [1.29, 1.82) is 0 Å². The predicted octanol–water partition coefficient (Wildman–Crippen LogP) is 2.81. The lowest BCUT2D eigenvalue weighted by atomic mass is 10.0. The van der Waals surface area contributed by atoms with Crippen LogP contribution in [0.15, 0.2) is 76.4 Å². The van der Waals surface area contributed by atoms with Gasteiger partial charge in [-0.15, -0.1) is 0 Å². The first-order valence-electron chi connectivity index (χ1n) is 11.1. The third-order valence-electron chi connectivity index (χ3n) is 5.98. The fourth-order valence-electron chi connectivity index (χ4n) is 4.17. The van der Waals surface area contributed by atoms with E-state index in [4.69, 9.17) is 13.9 Å². The zero-order chi connectivity index (χ0) is 25.2. The van der Waals surface area contributed by atoms with E-state index in [2.05, 4.69) is 5.10 Å². The summed E-state index contributed by atoms with van der Waals surface area (Å²) in [4.78, 5) is 51.1. The van der Waals surface area contributed by atoms with Gasteiger partial charge in [0.2, 0.25) is 0 Å². The highest BCUT2D eigenvalue weighted by atomic mass is 16.5. The van der Waals surface area contributed by atoms with E-state index in [-0.39, 0.29) is 11.1 Å². The maximum Gasteiger partial charge on any atom is 0.326 e. The number of methoxy groups -OCH3 is 1. The molecule has 0 spiro atoms. The van der Waals surface area contributed by atoms with Gasteiger partial charge in [-0.25, -0.2) is 5.01 Å². The van der Waals surface area contributed by atoms with Gasteiger partial charge in [0.05, 0.1) is 30.2 Å². The molecule has 3 aromatic rings. The number of furan rings is 1. The summed E-state index contributed by atoms with van der Waals surface area (Å²) in [6.45, 7) is -1.21. The van der Waals surface area contributed by atoms with Crippen molar-refractivity contribution in [2.75, 3.05) is 20.3 Å². The van der Waals surface area contributed by atoms with E-state index in [1.807, 2.05) is 12.1 Å². The van der Waals surface area contributed by atoms with E-state index in [0.29, 0.717) is 23.6 Å². The summed E-state index contributed by atoms with van der Waals surface area (Å²) in [6.07, 6.45) is 1.90. The molecule has 0 fully saturated rings. The number of benzene rings is 2. The molecule has 0 saturated heterocycles. The predicted molar refractivity (Wildman–Crippen MR) is 125 cm³/mol. The van der Waals surface area contributed by atoms with Gasteiger partial charge in [0.15, 0.2) is 6.61 Å². The summed E-state index contributed by atoms with van der Waals surface area (Å²) in [5.41, 5.74) is 1.92. The smallest absolute Gasteiger partial charge is 0.326 e. The Morgan fingerprint density at radius 3 is 2.31 bits per heavy atom. The van der Waals surface area contributed by atoms with Crippen LogP contribution >= 0.6 is 0 Å². The van der Waals surface area contributed by atoms with Crippen molar-refractivity contribution in [3.8, 4) is 5.75 Å². The SMILES string of the molecule is COc1ccc(C2=NN(C(=O)COC(=O)CN3C(=O)c4ccccc4C3=O)C(c3ccco3)C2)cc1. The number of hydrogen-bond acceptors (Lipinski definition) is 8. The lowest BCUT2D eigenvalue weighted by molar-refractivity contribution is -0.153. The van der Waals surface area contributed by atoms with E-state index < -0.39 is 42.9 Å². The molecule has 0 radical (unpaired) electrons. The highest BCUT2D eigenvalue weighted by molar-refractivity contribution is 6.22. The van der Waals surface area contributed by atoms with E-state index in [0.717, 1.165) is 10.5 Å². The summed E-state index contributed by atoms with van der Waals surface area (Å²) in [5, 5.41) is 5.70. The second-order valence-corrected chi connectivity index (χ2v) is 8.15. The van der Waals surface area contributed by atoms with E-state index in [1.54, 1.807) is 43.5 Å². The fourth-order valence-corrected chi connectivity index (χ4v) is 4.17. The van der Waals surface area contributed by atoms with E-state index in [9.17, 15) is 19.2 Å². The number of esters is 1. The second kappa shape index (κ2) is 9.49. The lowest BCUT2D eigenvalue weighted by Crippen LogP contribution is -2.37. The Bertz CT molecular complexity index is 1330. The zero-order valence-corrected chi connectivity index (χ0v) is 19.2. The normalized spacial score (nSPS) is 16.7. The molecule has 0 aliphatic carbocycles. The Morgan fingerprint density at radius 1 is 1.00 bits per heavy atom. The minimum absolute atomic E-state index is 0.227. The highest BCUT2D eigenvalue weighted by Crippen LogP contribution is 2.33. The molecular weight excluding hydrogens is 466 g/mol. The molecule has 3 amide bonds. The number of amides is 3. The van der Waals surface area contributed by atoms with Gasteiger partial charge >= 0.3 is 5.97 Å². The van der Waals surface area contributed by atoms with Crippen molar-refractivity contribution in [2.45, 2.75) is 12.5 Å². The Kier molecular flexibility index (Phi) is 6.07. The fraction of sp³-hybridized carbons (Fsp3) is 0.192. The van der Waals surface area contributed by atoms with Crippen molar-refractivity contribution < 1.29 is 33.1 Å². The molecule has 5 rings (SSSR count). The lowest BCUT2D eigenvalue weighted by Gasteiger charge is -2.20. The molecule has 2 aliphatic heterocycles. The van der Waals surface area contributed by atoms with Crippen LogP contribution in [0.2, 0.25) is 0 Å². The highest BCUT2D eigenvalue weighted by Gasteiger charge is 2.38.